The number of carbonyl (C=O) groups is 1. The van der Waals surface area contributed by atoms with E-state index in [1.807, 2.05) is 12.1 Å². The van der Waals surface area contributed by atoms with E-state index in [9.17, 15) is 9.90 Å². The molecule has 19 heavy (non-hydrogen) atoms. The van der Waals surface area contributed by atoms with Gasteiger partial charge in [-0.1, -0.05) is 31.5 Å². The molecule has 0 amide bonds. The first-order valence-electron chi connectivity index (χ1n) is 6.35. The van der Waals surface area contributed by atoms with E-state index in [1.165, 1.54) is 0 Å². The maximum absolute atomic E-state index is 12.3. The molecule has 2 aromatic rings. The first-order chi connectivity index (χ1) is 8.87. The van der Waals surface area contributed by atoms with Gasteiger partial charge in [0.2, 0.25) is 0 Å². The van der Waals surface area contributed by atoms with Crippen molar-refractivity contribution >= 4 is 28.2 Å². The number of rotatable bonds is 0. The number of Topliss-reactive ketones (excluding diaryl/α,β-unsaturated/α-hetero) is 1. The number of aromatic hydroxyl groups is 1. The number of phenolic OH excluding ortho intramolecular Hbond substituents is 1. The Morgan fingerprint density at radius 2 is 1.95 bits per heavy atom. The van der Waals surface area contributed by atoms with Gasteiger partial charge in [0.1, 0.15) is 5.75 Å². The van der Waals surface area contributed by atoms with Crippen LogP contribution in [0.5, 0.6) is 5.75 Å². The lowest BCUT2D eigenvalue weighted by Gasteiger charge is -2.31. The second-order valence-electron chi connectivity index (χ2n) is 6.06. The number of ketones is 1. The molecule has 0 atom stereocenters. The summed E-state index contributed by atoms with van der Waals surface area (Å²) >= 11 is 6.06. The quantitative estimate of drug-likeness (QED) is 0.775. The predicted molar refractivity (Wildman–Crippen MR) is 77.1 cm³/mol. The van der Waals surface area contributed by atoms with Gasteiger partial charge in [-0.2, -0.15) is 0 Å². The van der Waals surface area contributed by atoms with E-state index in [0.717, 1.165) is 22.8 Å². The number of fused-ring (bicyclic) bond motifs is 3. The van der Waals surface area contributed by atoms with Crippen LogP contribution < -0.4 is 0 Å². The van der Waals surface area contributed by atoms with Crippen LogP contribution in [-0.2, 0) is 6.42 Å². The molecule has 0 spiro atoms. The lowest BCUT2D eigenvalue weighted by molar-refractivity contribution is 0.0910. The van der Waals surface area contributed by atoms with Crippen LogP contribution in [0.4, 0.5) is 0 Å². The van der Waals surface area contributed by atoms with Crippen LogP contribution in [0.25, 0.3) is 10.8 Å². The second kappa shape index (κ2) is 3.97. The van der Waals surface area contributed by atoms with Crippen molar-refractivity contribution in [3.63, 3.8) is 0 Å². The molecule has 1 aliphatic rings. The highest BCUT2D eigenvalue weighted by Gasteiger charge is 2.33. The van der Waals surface area contributed by atoms with Crippen molar-refractivity contribution in [1.82, 2.24) is 0 Å². The molecule has 3 heteroatoms. The summed E-state index contributed by atoms with van der Waals surface area (Å²) in [6.45, 7) is 4.16. The van der Waals surface area contributed by atoms with E-state index in [1.54, 1.807) is 12.1 Å². The minimum atomic E-state index is -0.0763. The zero-order chi connectivity index (χ0) is 13.8. The highest BCUT2D eigenvalue weighted by molar-refractivity contribution is 6.31. The first kappa shape index (κ1) is 12.5. The van der Waals surface area contributed by atoms with Gasteiger partial charge in [-0.3, -0.25) is 4.79 Å². The second-order valence-corrected chi connectivity index (χ2v) is 6.49. The van der Waals surface area contributed by atoms with Gasteiger partial charge in [0, 0.05) is 11.4 Å². The van der Waals surface area contributed by atoms with Gasteiger partial charge in [-0.25, -0.2) is 0 Å². The summed E-state index contributed by atoms with van der Waals surface area (Å²) in [5.74, 6) is 0.107. The van der Waals surface area contributed by atoms with Crippen molar-refractivity contribution in [2.45, 2.75) is 26.7 Å². The van der Waals surface area contributed by atoms with E-state index in [4.69, 9.17) is 11.6 Å². The van der Waals surface area contributed by atoms with Crippen LogP contribution in [0.3, 0.4) is 0 Å². The summed E-state index contributed by atoms with van der Waals surface area (Å²) in [4.78, 5) is 12.3. The smallest absolute Gasteiger partial charge is 0.167 e. The average Bonchev–Trinajstić information content (AvgIpc) is 2.28. The third-order valence-corrected chi connectivity index (χ3v) is 4.00. The molecule has 0 aromatic heterocycles. The van der Waals surface area contributed by atoms with Gasteiger partial charge in [-0.15, -0.1) is 0 Å². The Bertz CT molecular complexity index is 701. The summed E-state index contributed by atoms with van der Waals surface area (Å²) in [6.07, 6.45) is 1.25. The maximum atomic E-state index is 12.3. The lowest BCUT2D eigenvalue weighted by atomic mass is 9.72. The molecule has 0 aliphatic heterocycles. The summed E-state index contributed by atoms with van der Waals surface area (Å²) in [5.41, 5.74) is 1.33. The first-order valence-corrected chi connectivity index (χ1v) is 6.72. The number of phenols is 1. The van der Waals surface area contributed by atoms with E-state index in [2.05, 4.69) is 13.8 Å². The fraction of sp³-hybridized carbons (Fsp3) is 0.312. The highest BCUT2D eigenvalue weighted by Crippen LogP contribution is 2.42. The van der Waals surface area contributed by atoms with Gasteiger partial charge in [-0.05, 0) is 46.4 Å². The highest BCUT2D eigenvalue weighted by atomic mass is 35.5. The molecule has 2 nitrogen and oxygen atoms in total. The molecule has 0 saturated heterocycles. The topological polar surface area (TPSA) is 37.3 Å². The zero-order valence-electron chi connectivity index (χ0n) is 11.0. The van der Waals surface area contributed by atoms with E-state index in [-0.39, 0.29) is 16.9 Å². The fourth-order valence-electron chi connectivity index (χ4n) is 2.98. The molecule has 1 N–H and O–H groups in total. The summed E-state index contributed by atoms with van der Waals surface area (Å²) in [7, 11) is 0. The Hall–Kier alpha value is -1.54. The van der Waals surface area contributed by atoms with Crippen molar-refractivity contribution in [3.8, 4) is 5.75 Å². The Morgan fingerprint density at radius 3 is 2.68 bits per heavy atom. The number of benzene rings is 2. The predicted octanol–water partition coefficient (Wildman–Crippen LogP) is 4.35. The van der Waals surface area contributed by atoms with Gasteiger partial charge in [0.05, 0.1) is 5.56 Å². The molecule has 2 aromatic carbocycles. The van der Waals surface area contributed by atoms with Crippen LogP contribution in [0.15, 0.2) is 24.3 Å². The van der Waals surface area contributed by atoms with Crippen molar-refractivity contribution in [2.75, 3.05) is 0 Å². The Labute approximate surface area is 117 Å². The number of hydrogen-bond donors (Lipinski definition) is 1. The third-order valence-electron chi connectivity index (χ3n) is 3.76. The molecule has 0 radical (unpaired) electrons. The van der Waals surface area contributed by atoms with Gasteiger partial charge in [0.15, 0.2) is 5.78 Å². The number of halogens is 1. The molecule has 0 bridgehead atoms. The van der Waals surface area contributed by atoms with Gasteiger partial charge >= 0.3 is 0 Å². The Balaban J connectivity index is 2.39. The number of hydrogen-bond acceptors (Lipinski definition) is 2. The van der Waals surface area contributed by atoms with Crippen LogP contribution >= 0.6 is 11.6 Å². The Kier molecular flexibility index (Phi) is 2.61. The monoisotopic (exact) mass is 274 g/mol. The molecule has 1 aliphatic carbocycles. The van der Waals surface area contributed by atoms with E-state index < -0.39 is 0 Å². The maximum Gasteiger partial charge on any atom is 0.167 e. The SMILES string of the molecule is CC1(C)CC(=O)c2c(O)cc3ccc(Cl)cc3c2C1. The minimum Gasteiger partial charge on any atom is -0.507 e. The van der Waals surface area contributed by atoms with Crippen molar-refractivity contribution in [2.24, 2.45) is 5.41 Å². The van der Waals surface area contributed by atoms with Crippen LogP contribution in [0.1, 0.15) is 36.2 Å². The molecular formula is C16H15ClO2. The van der Waals surface area contributed by atoms with Crippen LogP contribution in [0.2, 0.25) is 5.02 Å². The Morgan fingerprint density at radius 1 is 1.21 bits per heavy atom. The summed E-state index contributed by atoms with van der Waals surface area (Å²) in [6, 6.07) is 7.21. The molecule has 0 heterocycles. The largest absolute Gasteiger partial charge is 0.507 e. The normalized spacial score (nSPS) is 17.5. The molecule has 0 fully saturated rings. The standard InChI is InChI=1S/C16H15ClO2/c1-16(2)7-12-11-6-10(17)4-3-9(11)5-13(18)15(12)14(19)8-16/h3-6,18H,7-8H2,1-2H3. The van der Waals surface area contributed by atoms with Crippen LogP contribution in [-0.4, -0.2) is 10.9 Å². The molecule has 0 unspecified atom stereocenters. The summed E-state index contributed by atoms with van der Waals surface area (Å²) < 4.78 is 0. The summed E-state index contributed by atoms with van der Waals surface area (Å²) in [5, 5.41) is 12.7. The van der Waals surface area contributed by atoms with Crippen molar-refractivity contribution in [1.29, 1.82) is 0 Å². The van der Waals surface area contributed by atoms with Gasteiger partial charge < -0.3 is 5.11 Å². The van der Waals surface area contributed by atoms with Crippen molar-refractivity contribution < 1.29 is 9.90 Å². The van der Waals surface area contributed by atoms with Gasteiger partial charge in [0.25, 0.3) is 0 Å². The minimum absolute atomic E-state index is 0.0191. The third kappa shape index (κ3) is 2.00. The number of carbonyl (C=O) groups excluding carboxylic acids is 1. The van der Waals surface area contributed by atoms with E-state index in [0.29, 0.717) is 17.0 Å². The molecule has 3 rings (SSSR count). The van der Waals surface area contributed by atoms with Crippen LogP contribution in [0, 0.1) is 5.41 Å². The molecule has 98 valence electrons. The lowest BCUT2D eigenvalue weighted by Crippen LogP contribution is -2.27. The van der Waals surface area contributed by atoms with Crippen molar-refractivity contribution in [3.05, 3.63) is 40.4 Å². The molecule has 0 saturated carbocycles. The zero-order valence-corrected chi connectivity index (χ0v) is 11.7. The molecular weight excluding hydrogens is 260 g/mol. The van der Waals surface area contributed by atoms with E-state index >= 15 is 0 Å². The fourth-order valence-corrected chi connectivity index (χ4v) is 3.16. The average molecular weight is 275 g/mol.